The molecule has 0 aromatic heterocycles. The van der Waals surface area contributed by atoms with E-state index in [9.17, 15) is 35.7 Å². The third kappa shape index (κ3) is 4.69. The van der Waals surface area contributed by atoms with E-state index >= 15 is 0 Å². The number of benzene rings is 2. The van der Waals surface area contributed by atoms with E-state index in [0.717, 1.165) is 6.07 Å². The molecule has 33 heavy (non-hydrogen) atoms. The van der Waals surface area contributed by atoms with Crippen molar-refractivity contribution in [3.8, 4) is 0 Å². The molecule has 7 nitrogen and oxygen atoms in total. The Bertz CT molecular complexity index is 1250. The monoisotopic (exact) mass is 492 g/mol. The Morgan fingerprint density at radius 3 is 2.15 bits per heavy atom. The van der Waals surface area contributed by atoms with E-state index in [4.69, 9.17) is 5.73 Å². The van der Waals surface area contributed by atoms with Gasteiger partial charge in [-0.05, 0) is 25.3 Å². The van der Waals surface area contributed by atoms with Gasteiger partial charge >= 0.3 is 35.7 Å². The van der Waals surface area contributed by atoms with Crippen molar-refractivity contribution in [1.82, 2.24) is 0 Å². The maximum atomic E-state index is 13.2. The van der Waals surface area contributed by atoms with Crippen molar-refractivity contribution in [3.05, 3.63) is 52.6 Å². The number of carbonyl (C=O) groups excluding carboxylic acids is 2. The second kappa shape index (κ2) is 9.03. The van der Waals surface area contributed by atoms with Crippen LogP contribution in [-0.2, 0) is 10.1 Å². The number of hydrogen-bond donors (Lipinski definition) is 3. The number of halogens is 3. The number of alkyl halides is 3. The number of nitrogen functional groups attached to an aromatic ring is 1. The first-order valence-corrected chi connectivity index (χ1v) is 11.3. The van der Waals surface area contributed by atoms with Crippen LogP contribution in [0.1, 0.15) is 57.5 Å². The number of rotatable bonds is 3. The van der Waals surface area contributed by atoms with Crippen LogP contribution in [0.2, 0.25) is 0 Å². The molecule has 12 heteroatoms. The second-order valence-corrected chi connectivity index (χ2v) is 9.40. The standard InChI is InChI=1S/C21H19F3N2O5S.Na.H/c22-21(23,24)10-4-3-5-11(8-10)26-14-9-15(32(29,30)31)18(25)17-16(14)19(27)12-6-1-2-7-13(12)20(17)28;;/h1-2,6-7,9-11,26H,3-5,8,25H2,(H,29,30,31);;. The molecular weight excluding hydrogens is 472 g/mol. The van der Waals surface area contributed by atoms with Crippen LogP contribution in [-0.4, -0.2) is 66.3 Å². The summed E-state index contributed by atoms with van der Waals surface area (Å²) >= 11 is 0. The number of nitrogens with one attached hydrogen (secondary N) is 1. The SMILES string of the molecule is Nc1c(S(=O)(=O)O)cc(NC2CCCC(C(F)(F)F)C2)c2c1C(=O)c1ccccc1C2=O.[NaH]. The molecule has 1 saturated carbocycles. The molecule has 2 aromatic rings. The van der Waals surface area contributed by atoms with Crippen molar-refractivity contribution in [3.63, 3.8) is 0 Å². The predicted molar refractivity (Wildman–Crippen MR) is 117 cm³/mol. The normalized spacial score (nSPS) is 20.5. The van der Waals surface area contributed by atoms with E-state index < -0.39 is 56.0 Å². The van der Waals surface area contributed by atoms with Gasteiger partial charge < -0.3 is 11.1 Å². The summed E-state index contributed by atoms with van der Waals surface area (Å²) in [5.41, 5.74) is 4.64. The van der Waals surface area contributed by atoms with Gasteiger partial charge in [-0.25, -0.2) is 0 Å². The second-order valence-electron chi connectivity index (χ2n) is 8.01. The number of ketones is 2. The summed E-state index contributed by atoms with van der Waals surface area (Å²) in [6.45, 7) is 0. The van der Waals surface area contributed by atoms with Crippen molar-refractivity contribution in [2.75, 3.05) is 11.1 Å². The topological polar surface area (TPSA) is 127 Å². The van der Waals surface area contributed by atoms with E-state index in [2.05, 4.69) is 5.32 Å². The molecule has 4 N–H and O–H groups in total. The third-order valence-electron chi connectivity index (χ3n) is 5.97. The molecule has 0 heterocycles. The molecule has 0 saturated heterocycles. The molecule has 0 bridgehead atoms. The minimum atomic E-state index is -4.89. The average molecular weight is 492 g/mol. The van der Waals surface area contributed by atoms with E-state index in [1.807, 2.05) is 0 Å². The fourth-order valence-corrected chi connectivity index (χ4v) is 5.11. The molecule has 2 aliphatic rings. The Morgan fingerprint density at radius 1 is 1.03 bits per heavy atom. The molecular formula is C21H20F3N2NaO5S. The van der Waals surface area contributed by atoms with E-state index in [0.29, 0.717) is 6.42 Å². The zero-order chi connectivity index (χ0) is 23.4. The summed E-state index contributed by atoms with van der Waals surface area (Å²) in [5.74, 6) is -2.87. The van der Waals surface area contributed by atoms with Crippen LogP contribution in [0, 0.1) is 5.92 Å². The molecule has 2 aliphatic carbocycles. The van der Waals surface area contributed by atoms with E-state index in [1.54, 1.807) is 6.07 Å². The molecule has 172 valence electrons. The van der Waals surface area contributed by atoms with Crippen LogP contribution in [0.3, 0.4) is 0 Å². The van der Waals surface area contributed by atoms with Gasteiger partial charge in [0.05, 0.1) is 22.7 Å². The first-order chi connectivity index (χ1) is 14.9. The van der Waals surface area contributed by atoms with Crippen LogP contribution >= 0.6 is 0 Å². The number of fused-ring (bicyclic) bond motifs is 2. The summed E-state index contributed by atoms with van der Waals surface area (Å²) in [6, 6.07) is 6.07. The van der Waals surface area contributed by atoms with Gasteiger partial charge in [-0.3, -0.25) is 14.1 Å². The van der Waals surface area contributed by atoms with Gasteiger partial charge in [-0.15, -0.1) is 0 Å². The number of carbonyl (C=O) groups is 2. The van der Waals surface area contributed by atoms with Crippen molar-refractivity contribution < 1.29 is 35.7 Å². The summed E-state index contributed by atoms with van der Waals surface area (Å²) in [4.78, 5) is 25.5. The molecule has 0 radical (unpaired) electrons. The third-order valence-corrected chi connectivity index (χ3v) is 6.87. The average Bonchev–Trinajstić information content (AvgIpc) is 2.71. The molecule has 0 spiro atoms. The van der Waals surface area contributed by atoms with Gasteiger partial charge in [0.1, 0.15) is 4.90 Å². The van der Waals surface area contributed by atoms with E-state index in [1.165, 1.54) is 18.2 Å². The Hall–Kier alpha value is -1.92. The molecule has 2 aromatic carbocycles. The number of nitrogens with two attached hydrogens (primary N) is 1. The zero-order valence-electron chi connectivity index (χ0n) is 16.6. The van der Waals surface area contributed by atoms with Crippen LogP contribution in [0.25, 0.3) is 0 Å². The number of anilines is 2. The Balaban J connectivity index is 0.00000306. The van der Waals surface area contributed by atoms with E-state index in [-0.39, 0.29) is 71.2 Å². The van der Waals surface area contributed by atoms with Crippen LogP contribution in [0.4, 0.5) is 24.5 Å². The number of hydrogen-bond acceptors (Lipinski definition) is 6. The van der Waals surface area contributed by atoms with Gasteiger partial charge in [0.25, 0.3) is 10.1 Å². The minimum absolute atomic E-state index is 0. The van der Waals surface area contributed by atoms with Gasteiger partial charge in [0.15, 0.2) is 11.6 Å². The Morgan fingerprint density at radius 2 is 1.61 bits per heavy atom. The zero-order valence-corrected chi connectivity index (χ0v) is 17.4. The van der Waals surface area contributed by atoms with Crippen LogP contribution in [0.15, 0.2) is 35.2 Å². The van der Waals surface area contributed by atoms with Gasteiger partial charge in [0, 0.05) is 22.9 Å². The molecule has 0 aliphatic heterocycles. The fourth-order valence-electron chi connectivity index (χ4n) is 4.46. The maximum absolute atomic E-state index is 13.2. The summed E-state index contributed by atoms with van der Waals surface area (Å²) in [6.07, 6.45) is -4.05. The fraction of sp³-hybridized carbons (Fsp3) is 0.333. The summed E-state index contributed by atoms with van der Waals surface area (Å²) < 4.78 is 73.1. The quantitative estimate of drug-likeness (QED) is 0.291. The molecule has 0 amide bonds. The first kappa shape index (κ1) is 25.7. The molecule has 2 atom stereocenters. The summed E-state index contributed by atoms with van der Waals surface area (Å²) in [7, 11) is -4.89. The van der Waals surface area contributed by atoms with Gasteiger partial charge in [-0.2, -0.15) is 21.6 Å². The van der Waals surface area contributed by atoms with Gasteiger partial charge in [0.2, 0.25) is 0 Å². The molecule has 1 fully saturated rings. The Kier molecular flexibility index (Phi) is 7.03. The molecule has 2 unspecified atom stereocenters. The predicted octanol–water partition coefficient (Wildman–Crippen LogP) is 3.18. The van der Waals surface area contributed by atoms with Crippen molar-refractivity contribution in [2.24, 2.45) is 5.92 Å². The van der Waals surface area contributed by atoms with Gasteiger partial charge in [-0.1, -0.05) is 30.7 Å². The molecule has 4 rings (SSSR count). The van der Waals surface area contributed by atoms with Crippen molar-refractivity contribution in [2.45, 2.75) is 42.8 Å². The van der Waals surface area contributed by atoms with Crippen molar-refractivity contribution >= 4 is 62.6 Å². The Labute approximate surface area is 210 Å². The van der Waals surface area contributed by atoms with Crippen LogP contribution < -0.4 is 11.1 Å². The van der Waals surface area contributed by atoms with Crippen molar-refractivity contribution in [1.29, 1.82) is 0 Å². The first-order valence-electron chi connectivity index (χ1n) is 9.85. The van der Waals surface area contributed by atoms with Crippen LogP contribution in [0.5, 0.6) is 0 Å². The summed E-state index contributed by atoms with van der Waals surface area (Å²) in [5, 5.41) is 2.83.